The van der Waals surface area contributed by atoms with Gasteiger partial charge in [-0.3, -0.25) is 9.79 Å². The Labute approximate surface area is 183 Å². The summed E-state index contributed by atoms with van der Waals surface area (Å²) in [7, 11) is 0. The smallest absolute Gasteiger partial charge is 0.223 e. The second-order valence-corrected chi connectivity index (χ2v) is 8.16. The van der Waals surface area contributed by atoms with Crippen LogP contribution in [0.4, 0.5) is 4.39 Å². The van der Waals surface area contributed by atoms with Gasteiger partial charge in [-0.25, -0.2) is 4.39 Å². The molecular formula is C25H29FN2OS. The molecule has 1 heterocycles. The van der Waals surface area contributed by atoms with Gasteiger partial charge in [-0.15, -0.1) is 6.58 Å². The number of allylic oxidation sites excluding steroid dienone is 2. The third-order valence-corrected chi connectivity index (χ3v) is 5.67. The van der Waals surface area contributed by atoms with Crippen LogP contribution in [0, 0.1) is 5.82 Å². The minimum absolute atomic E-state index is 0.0726. The number of carbonyl (C=O) groups is 1. The summed E-state index contributed by atoms with van der Waals surface area (Å²) in [6.07, 6.45) is 4.22. The Morgan fingerprint density at radius 3 is 2.53 bits per heavy atom. The van der Waals surface area contributed by atoms with Gasteiger partial charge in [0.2, 0.25) is 5.91 Å². The van der Waals surface area contributed by atoms with E-state index in [0.717, 1.165) is 41.9 Å². The van der Waals surface area contributed by atoms with Crippen LogP contribution < -0.4 is 5.32 Å². The average molecular weight is 425 g/mol. The van der Waals surface area contributed by atoms with Crippen molar-refractivity contribution in [3.8, 4) is 0 Å². The molecule has 1 aliphatic rings. The fourth-order valence-electron chi connectivity index (χ4n) is 2.73. The average Bonchev–Trinajstić information content (AvgIpc) is 2.86. The first kappa shape index (κ1) is 23.6. The minimum Gasteiger partial charge on any atom is -0.356 e. The number of carbonyl (C=O) groups excluding carboxylic acids is 1. The summed E-state index contributed by atoms with van der Waals surface area (Å²) < 4.78 is 13.1. The summed E-state index contributed by atoms with van der Waals surface area (Å²) in [5.74, 6) is -0.155. The zero-order valence-electron chi connectivity index (χ0n) is 17.9. The van der Waals surface area contributed by atoms with Gasteiger partial charge in [-0.2, -0.15) is 0 Å². The van der Waals surface area contributed by atoms with Gasteiger partial charge in [0.25, 0.3) is 0 Å². The van der Waals surface area contributed by atoms with Gasteiger partial charge in [-0.05, 0) is 50.6 Å². The van der Waals surface area contributed by atoms with E-state index in [9.17, 15) is 9.18 Å². The molecule has 0 aromatic heterocycles. The van der Waals surface area contributed by atoms with Crippen LogP contribution >= 0.6 is 11.8 Å². The number of nitrogens with zero attached hydrogens (tertiary/aromatic N) is 1. The number of hydrogen-bond donors (Lipinski definition) is 1. The number of halogens is 1. The SMILES string of the molecule is C=CCC(=O)NCCCC.CC1=C(C)Sc2ccccc2C(c2ccc(F)cc2)=N1. The number of fused-ring (bicyclic) bond motifs is 1. The second-order valence-electron chi connectivity index (χ2n) is 6.90. The van der Waals surface area contributed by atoms with E-state index in [1.165, 1.54) is 21.9 Å². The van der Waals surface area contributed by atoms with Crippen LogP contribution in [0.2, 0.25) is 0 Å². The summed E-state index contributed by atoms with van der Waals surface area (Å²) in [6.45, 7) is 10.4. The van der Waals surface area contributed by atoms with Crippen LogP contribution in [0.15, 0.2) is 81.7 Å². The first-order valence-electron chi connectivity index (χ1n) is 10.1. The monoisotopic (exact) mass is 424 g/mol. The number of unbranched alkanes of at least 4 members (excludes halogenated alkanes) is 1. The predicted molar refractivity (Wildman–Crippen MR) is 125 cm³/mol. The maximum absolute atomic E-state index is 13.1. The molecule has 3 nitrogen and oxygen atoms in total. The van der Waals surface area contributed by atoms with Crippen molar-refractivity contribution in [2.24, 2.45) is 4.99 Å². The molecule has 1 N–H and O–H groups in total. The molecule has 0 saturated carbocycles. The normalized spacial score (nSPS) is 12.7. The molecular weight excluding hydrogens is 395 g/mol. The topological polar surface area (TPSA) is 41.5 Å². The Kier molecular flexibility index (Phi) is 9.55. The van der Waals surface area contributed by atoms with Crippen molar-refractivity contribution in [3.63, 3.8) is 0 Å². The van der Waals surface area contributed by atoms with Crippen LogP contribution in [0.25, 0.3) is 0 Å². The van der Waals surface area contributed by atoms with E-state index < -0.39 is 0 Å². The molecule has 3 rings (SSSR count). The lowest BCUT2D eigenvalue weighted by Crippen LogP contribution is -2.23. The van der Waals surface area contributed by atoms with Gasteiger partial charge in [0, 0.05) is 39.6 Å². The Bertz CT molecular complexity index is 932. The molecule has 2 aromatic rings. The van der Waals surface area contributed by atoms with Crippen molar-refractivity contribution in [3.05, 3.63) is 88.7 Å². The second kappa shape index (κ2) is 12.1. The molecule has 0 unspecified atom stereocenters. The Balaban J connectivity index is 0.000000274. The molecule has 2 aromatic carbocycles. The van der Waals surface area contributed by atoms with Crippen molar-refractivity contribution >= 4 is 23.4 Å². The van der Waals surface area contributed by atoms with Crippen LogP contribution in [0.1, 0.15) is 51.2 Å². The lowest BCUT2D eigenvalue weighted by atomic mass is 10.0. The number of rotatable bonds is 6. The lowest BCUT2D eigenvalue weighted by Gasteiger charge is -2.09. The maximum atomic E-state index is 13.1. The summed E-state index contributed by atoms with van der Waals surface area (Å²) >= 11 is 1.73. The third kappa shape index (κ3) is 6.99. The Hall–Kier alpha value is -2.66. The van der Waals surface area contributed by atoms with E-state index in [1.807, 2.05) is 19.1 Å². The highest BCUT2D eigenvalue weighted by Crippen LogP contribution is 2.35. The summed E-state index contributed by atoms with van der Waals surface area (Å²) in [5.41, 5.74) is 3.95. The molecule has 0 fully saturated rings. The number of aliphatic imine (C=N–C) groups is 1. The Morgan fingerprint density at radius 2 is 1.87 bits per heavy atom. The molecule has 0 atom stereocenters. The van der Waals surface area contributed by atoms with E-state index in [0.29, 0.717) is 6.42 Å². The molecule has 30 heavy (non-hydrogen) atoms. The van der Waals surface area contributed by atoms with Crippen molar-refractivity contribution in [1.82, 2.24) is 5.32 Å². The quantitative estimate of drug-likeness (QED) is 0.425. The van der Waals surface area contributed by atoms with Gasteiger partial charge >= 0.3 is 0 Å². The van der Waals surface area contributed by atoms with Crippen molar-refractivity contribution in [2.45, 2.75) is 44.9 Å². The van der Waals surface area contributed by atoms with Crippen LogP contribution in [0.5, 0.6) is 0 Å². The summed E-state index contributed by atoms with van der Waals surface area (Å²) in [6, 6.07) is 14.7. The molecule has 1 amide bonds. The third-order valence-electron chi connectivity index (χ3n) is 4.49. The minimum atomic E-state index is -0.228. The van der Waals surface area contributed by atoms with Gasteiger partial charge < -0.3 is 5.32 Å². The highest BCUT2D eigenvalue weighted by atomic mass is 32.2. The van der Waals surface area contributed by atoms with Crippen LogP contribution in [-0.2, 0) is 4.79 Å². The van der Waals surface area contributed by atoms with Gasteiger partial charge in [-0.1, -0.05) is 49.4 Å². The standard InChI is InChI=1S/C17H14FNS.C8H15NO/c1-11-12(2)20-16-6-4-3-5-15(16)17(19-11)13-7-9-14(18)10-8-13;1-3-5-7-9-8(10)6-4-2/h3-10H,1-2H3;4H,2-3,5-7H2,1H3,(H,9,10). The van der Waals surface area contributed by atoms with E-state index in [2.05, 4.69) is 37.9 Å². The highest BCUT2D eigenvalue weighted by molar-refractivity contribution is 8.03. The number of thioether (sulfide) groups is 1. The fraction of sp³-hybridized carbons (Fsp3) is 0.280. The maximum Gasteiger partial charge on any atom is 0.223 e. The molecule has 0 radical (unpaired) electrons. The van der Waals surface area contributed by atoms with E-state index in [4.69, 9.17) is 4.99 Å². The van der Waals surface area contributed by atoms with Crippen molar-refractivity contribution in [2.75, 3.05) is 6.54 Å². The molecule has 5 heteroatoms. The number of nitrogens with one attached hydrogen (secondary N) is 1. The van der Waals surface area contributed by atoms with E-state index in [-0.39, 0.29) is 11.7 Å². The zero-order chi connectivity index (χ0) is 21.9. The van der Waals surface area contributed by atoms with E-state index >= 15 is 0 Å². The number of hydrogen-bond acceptors (Lipinski definition) is 3. The van der Waals surface area contributed by atoms with Gasteiger partial charge in [0.1, 0.15) is 5.82 Å². The molecule has 1 aliphatic heterocycles. The zero-order valence-corrected chi connectivity index (χ0v) is 18.7. The number of benzene rings is 2. The van der Waals surface area contributed by atoms with Crippen molar-refractivity contribution < 1.29 is 9.18 Å². The van der Waals surface area contributed by atoms with Gasteiger partial charge in [0.05, 0.1) is 5.71 Å². The largest absolute Gasteiger partial charge is 0.356 e. The molecule has 0 spiro atoms. The van der Waals surface area contributed by atoms with Crippen LogP contribution in [-0.4, -0.2) is 18.2 Å². The van der Waals surface area contributed by atoms with Crippen LogP contribution in [0.3, 0.4) is 0 Å². The molecule has 158 valence electrons. The molecule has 0 bridgehead atoms. The molecule has 0 aliphatic carbocycles. The number of amides is 1. The summed E-state index contributed by atoms with van der Waals surface area (Å²) in [5, 5.41) is 2.77. The lowest BCUT2D eigenvalue weighted by molar-refractivity contribution is -0.120. The summed E-state index contributed by atoms with van der Waals surface area (Å²) in [4.78, 5) is 17.9. The molecule has 0 saturated heterocycles. The first-order valence-corrected chi connectivity index (χ1v) is 10.9. The van der Waals surface area contributed by atoms with E-state index in [1.54, 1.807) is 30.0 Å². The van der Waals surface area contributed by atoms with Crippen molar-refractivity contribution in [1.29, 1.82) is 0 Å². The first-order chi connectivity index (χ1) is 14.5. The van der Waals surface area contributed by atoms with Gasteiger partial charge in [0.15, 0.2) is 0 Å². The fourth-order valence-corrected chi connectivity index (χ4v) is 3.68. The Morgan fingerprint density at radius 1 is 1.17 bits per heavy atom. The predicted octanol–water partition coefficient (Wildman–Crippen LogP) is 6.50. The highest BCUT2D eigenvalue weighted by Gasteiger charge is 2.16.